The third-order valence-corrected chi connectivity index (χ3v) is 13.9. The largest absolute Gasteiger partial charge is 0.143 e. The van der Waals surface area contributed by atoms with E-state index in [9.17, 15) is 0 Å². The van der Waals surface area contributed by atoms with Crippen LogP contribution in [0.3, 0.4) is 0 Å². The van der Waals surface area contributed by atoms with Gasteiger partial charge in [-0.05, 0) is 123 Å². The number of rotatable bonds is 7. The van der Waals surface area contributed by atoms with E-state index in [-0.39, 0.29) is 21.7 Å². The average Bonchev–Trinajstić information content (AvgIpc) is 3.72. The maximum atomic E-state index is 2.75. The summed E-state index contributed by atoms with van der Waals surface area (Å²) in [6.07, 6.45) is 7.39. The summed E-state index contributed by atoms with van der Waals surface area (Å²) in [6, 6.07) is 14.3. The van der Waals surface area contributed by atoms with Crippen LogP contribution in [-0.2, 0) is 21.7 Å². The molecule has 3 aromatic heterocycles. The van der Waals surface area contributed by atoms with Crippen molar-refractivity contribution in [2.45, 2.75) is 116 Å². The monoisotopic (exact) mass is 572 g/mol. The van der Waals surface area contributed by atoms with Gasteiger partial charge >= 0.3 is 0 Å². The Labute approximate surface area is 248 Å². The van der Waals surface area contributed by atoms with Crippen LogP contribution in [0.2, 0.25) is 0 Å². The molecule has 6 rings (SSSR count). The van der Waals surface area contributed by atoms with Gasteiger partial charge in [-0.25, -0.2) is 0 Å². The van der Waals surface area contributed by atoms with Gasteiger partial charge in [-0.3, -0.25) is 0 Å². The molecule has 0 fully saturated rings. The van der Waals surface area contributed by atoms with E-state index in [1.165, 1.54) is 63.6 Å². The number of thiophene rings is 3. The Hall–Kier alpha value is -1.68. The first kappa shape index (κ1) is 27.5. The Morgan fingerprint density at radius 1 is 0.641 bits per heavy atom. The van der Waals surface area contributed by atoms with Crippen molar-refractivity contribution in [3.05, 3.63) is 69.4 Å². The third kappa shape index (κ3) is 3.93. The summed E-state index contributed by atoms with van der Waals surface area (Å²) in [6.45, 7) is 19.9. The predicted molar refractivity (Wildman–Crippen MR) is 176 cm³/mol. The number of fused-ring (bicyclic) bond motifs is 2. The second-order valence-corrected chi connectivity index (χ2v) is 16.4. The lowest BCUT2D eigenvalue weighted by Crippen LogP contribution is -2.25. The number of hydrogen-bond donors (Lipinski definition) is 0. The van der Waals surface area contributed by atoms with Crippen LogP contribution < -0.4 is 0 Å². The maximum Gasteiger partial charge on any atom is 0.0521 e. The van der Waals surface area contributed by atoms with Crippen molar-refractivity contribution >= 4 is 34.0 Å². The fourth-order valence-corrected chi connectivity index (χ4v) is 11.6. The molecule has 0 saturated heterocycles. The third-order valence-electron chi connectivity index (χ3n) is 10.6. The number of benzene rings is 1. The van der Waals surface area contributed by atoms with Gasteiger partial charge in [0.15, 0.2) is 0 Å². The molecule has 0 aliphatic heterocycles. The van der Waals surface area contributed by atoms with Gasteiger partial charge in [0.2, 0.25) is 0 Å². The summed E-state index contributed by atoms with van der Waals surface area (Å²) in [5.41, 5.74) is 10.6. The minimum atomic E-state index is 0.155. The molecule has 0 spiro atoms. The lowest BCUT2D eigenvalue weighted by Gasteiger charge is -2.32. The van der Waals surface area contributed by atoms with Gasteiger partial charge < -0.3 is 0 Å². The van der Waals surface area contributed by atoms with E-state index in [4.69, 9.17) is 0 Å². The standard InChI is InChI=1S/C36H44S3/c1-9-35(10-2)21-33(5,6)30-24(35)20-25-31(34(7,8)22-36(25,11-3)12-4)29(30)23-17-19-38-32(23)28-16-15-27(39-28)26-14-13-18-37-26/h13-20H,9-12,21-22H2,1-8H3. The van der Waals surface area contributed by atoms with E-state index in [1.54, 1.807) is 27.8 Å². The Balaban J connectivity index is 1.69. The van der Waals surface area contributed by atoms with Crippen LogP contribution in [0.4, 0.5) is 0 Å². The molecule has 206 valence electrons. The van der Waals surface area contributed by atoms with Gasteiger partial charge in [-0.1, -0.05) is 67.5 Å². The normalized spacial score (nSPS) is 19.8. The SMILES string of the molecule is CCC1(CC)CC(C)(C)c2c1cc1c(c2-c2ccsc2-c2ccc(-c3cccs3)s2)C(C)(C)CC1(CC)CC. The zero-order chi connectivity index (χ0) is 27.8. The smallest absolute Gasteiger partial charge is 0.0521 e. The van der Waals surface area contributed by atoms with E-state index in [1.807, 2.05) is 34.0 Å². The van der Waals surface area contributed by atoms with Crippen molar-refractivity contribution in [2.24, 2.45) is 0 Å². The first-order valence-electron chi connectivity index (χ1n) is 15.0. The van der Waals surface area contributed by atoms with Crippen molar-refractivity contribution in [3.63, 3.8) is 0 Å². The number of hydrogen-bond acceptors (Lipinski definition) is 3. The fraction of sp³-hybridized carbons (Fsp3) is 0.500. The molecule has 0 bridgehead atoms. The lowest BCUT2D eigenvalue weighted by molar-refractivity contribution is 0.322. The molecule has 2 aliphatic rings. The van der Waals surface area contributed by atoms with Crippen LogP contribution in [0.1, 0.15) is 116 Å². The molecule has 39 heavy (non-hydrogen) atoms. The van der Waals surface area contributed by atoms with E-state index in [0.29, 0.717) is 0 Å². The average molecular weight is 573 g/mol. The van der Waals surface area contributed by atoms with E-state index in [0.717, 1.165) is 0 Å². The lowest BCUT2D eigenvalue weighted by atomic mass is 9.72. The quantitative estimate of drug-likeness (QED) is 0.207. The van der Waals surface area contributed by atoms with Crippen LogP contribution in [0.25, 0.3) is 30.6 Å². The maximum absolute atomic E-state index is 2.75. The Morgan fingerprint density at radius 3 is 1.72 bits per heavy atom. The zero-order valence-electron chi connectivity index (χ0n) is 25.1. The Bertz CT molecular complexity index is 1440. The van der Waals surface area contributed by atoms with Crippen LogP contribution in [-0.4, -0.2) is 0 Å². The molecule has 0 unspecified atom stereocenters. The molecule has 2 aliphatic carbocycles. The molecule has 0 amide bonds. The summed E-state index contributed by atoms with van der Waals surface area (Å²) in [5, 5.41) is 4.54. The molecule has 0 nitrogen and oxygen atoms in total. The predicted octanol–water partition coefficient (Wildman–Crippen LogP) is 12.4. The van der Waals surface area contributed by atoms with Gasteiger partial charge in [-0.2, -0.15) is 0 Å². The molecule has 3 heterocycles. The minimum Gasteiger partial charge on any atom is -0.143 e. The van der Waals surface area contributed by atoms with Gasteiger partial charge in [0.25, 0.3) is 0 Å². The first-order valence-corrected chi connectivity index (χ1v) is 17.6. The van der Waals surface area contributed by atoms with Crippen LogP contribution >= 0.6 is 34.0 Å². The van der Waals surface area contributed by atoms with Gasteiger partial charge in [0, 0.05) is 20.2 Å². The van der Waals surface area contributed by atoms with Crippen LogP contribution in [0, 0.1) is 0 Å². The minimum absolute atomic E-state index is 0.155. The van der Waals surface area contributed by atoms with Crippen molar-refractivity contribution < 1.29 is 0 Å². The van der Waals surface area contributed by atoms with Gasteiger partial charge in [0.1, 0.15) is 0 Å². The summed E-state index contributed by atoms with van der Waals surface area (Å²) < 4.78 is 0. The molecule has 0 saturated carbocycles. The van der Waals surface area contributed by atoms with Crippen molar-refractivity contribution in [2.75, 3.05) is 0 Å². The van der Waals surface area contributed by atoms with Crippen molar-refractivity contribution in [1.82, 2.24) is 0 Å². The molecular weight excluding hydrogens is 529 g/mol. The van der Waals surface area contributed by atoms with Crippen LogP contribution in [0.15, 0.2) is 47.2 Å². The highest BCUT2D eigenvalue weighted by atomic mass is 32.1. The van der Waals surface area contributed by atoms with Gasteiger partial charge in [-0.15, -0.1) is 34.0 Å². The molecule has 0 atom stereocenters. The molecular formula is C36H44S3. The molecule has 0 N–H and O–H groups in total. The fourth-order valence-electron chi connectivity index (χ4n) is 8.72. The highest BCUT2D eigenvalue weighted by Gasteiger charge is 2.53. The summed E-state index contributed by atoms with van der Waals surface area (Å²) in [7, 11) is 0. The Kier molecular flexibility index (Phi) is 6.65. The van der Waals surface area contributed by atoms with Crippen molar-refractivity contribution in [1.29, 1.82) is 0 Å². The molecule has 4 aromatic rings. The molecule has 0 radical (unpaired) electrons. The first-order chi connectivity index (χ1) is 18.6. The highest BCUT2D eigenvalue weighted by molar-refractivity contribution is 7.26. The van der Waals surface area contributed by atoms with Crippen molar-refractivity contribution in [3.8, 4) is 30.6 Å². The highest BCUT2D eigenvalue weighted by Crippen LogP contribution is 2.64. The van der Waals surface area contributed by atoms with E-state index in [2.05, 4.69) is 103 Å². The zero-order valence-corrected chi connectivity index (χ0v) is 27.5. The second kappa shape index (κ2) is 9.43. The van der Waals surface area contributed by atoms with Gasteiger partial charge in [0.05, 0.1) is 4.88 Å². The summed E-state index contributed by atoms with van der Waals surface area (Å²) in [5.74, 6) is 0. The Morgan fingerprint density at radius 2 is 1.21 bits per heavy atom. The van der Waals surface area contributed by atoms with E-state index >= 15 is 0 Å². The van der Waals surface area contributed by atoms with Crippen LogP contribution in [0.5, 0.6) is 0 Å². The molecule has 3 heteroatoms. The molecule has 1 aromatic carbocycles. The topological polar surface area (TPSA) is 0 Å². The van der Waals surface area contributed by atoms with E-state index < -0.39 is 0 Å². The summed E-state index contributed by atoms with van der Waals surface area (Å²) in [4.78, 5) is 5.63. The second-order valence-electron chi connectivity index (χ2n) is 13.5. The summed E-state index contributed by atoms with van der Waals surface area (Å²) >= 11 is 5.74.